The molecule has 1 saturated heterocycles. The van der Waals surface area contributed by atoms with E-state index < -0.39 is 0 Å². The van der Waals surface area contributed by atoms with E-state index in [0.717, 1.165) is 53.9 Å². The third-order valence-electron chi connectivity index (χ3n) is 4.90. The number of anilines is 2. The lowest BCUT2D eigenvalue weighted by Crippen LogP contribution is -2.49. The van der Waals surface area contributed by atoms with Crippen LogP contribution in [0.4, 0.5) is 11.4 Å². The lowest BCUT2D eigenvalue weighted by Gasteiger charge is -2.36. The highest BCUT2D eigenvalue weighted by atomic mass is 35.5. The van der Waals surface area contributed by atoms with Gasteiger partial charge in [-0.3, -0.25) is 4.79 Å². The van der Waals surface area contributed by atoms with Crippen molar-refractivity contribution >= 4 is 28.9 Å². The van der Waals surface area contributed by atoms with Gasteiger partial charge in [-0.15, -0.1) is 0 Å². The van der Waals surface area contributed by atoms with Crippen molar-refractivity contribution < 1.29 is 9.53 Å². The summed E-state index contributed by atoms with van der Waals surface area (Å²) in [6.07, 6.45) is 0.483. The molecular formula is C21H26ClN3O2. The largest absolute Gasteiger partial charge is 0.495 e. The molecule has 27 heavy (non-hydrogen) atoms. The normalized spacial score (nSPS) is 14.2. The number of halogens is 1. The summed E-state index contributed by atoms with van der Waals surface area (Å²) in [7, 11) is 1.69. The molecule has 6 heteroatoms. The smallest absolute Gasteiger partial charge is 0.224 e. The van der Waals surface area contributed by atoms with Crippen molar-refractivity contribution in [2.24, 2.45) is 0 Å². The van der Waals surface area contributed by atoms with Gasteiger partial charge in [0.2, 0.25) is 5.91 Å². The molecule has 3 rings (SSSR count). The first-order chi connectivity index (χ1) is 13.1. The van der Waals surface area contributed by atoms with E-state index in [-0.39, 0.29) is 5.91 Å². The Morgan fingerprint density at radius 3 is 2.59 bits per heavy atom. The second kappa shape index (κ2) is 9.00. The summed E-state index contributed by atoms with van der Waals surface area (Å²) in [5.41, 5.74) is 3.19. The predicted octanol–water partition coefficient (Wildman–Crippen LogP) is 3.81. The van der Waals surface area contributed by atoms with Gasteiger partial charge in [0.15, 0.2) is 0 Å². The highest BCUT2D eigenvalue weighted by molar-refractivity contribution is 6.30. The Morgan fingerprint density at radius 2 is 1.89 bits per heavy atom. The van der Waals surface area contributed by atoms with Crippen molar-refractivity contribution in [3.05, 3.63) is 53.1 Å². The minimum atomic E-state index is 0.189. The highest BCUT2D eigenvalue weighted by Crippen LogP contribution is 2.28. The molecule has 0 aromatic heterocycles. The molecule has 1 aliphatic heterocycles. The van der Waals surface area contributed by atoms with E-state index in [4.69, 9.17) is 16.3 Å². The van der Waals surface area contributed by atoms with Crippen LogP contribution in [0.2, 0.25) is 5.02 Å². The van der Waals surface area contributed by atoms with Gasteiger partial charge < -0.3 is 19.9 Å². The Morgan fingerprint density at radius 1 is 1.15 bits per heavy atom. The summed E-state index contributed by atoms with van der Waals surface area (Å²) >= 11 is 5.98. The summed E-state index contributed by atoms with van der Waals surface area (Å²) in [5, 5.41) is 4.05. The third kappa shape index (κ3) is 4.86. The maximum atomic E-state index is 12.5. The molecule has 0 atom stereocenters. The molecule has 1 N–H and O–H groups in total. The molecular weight excluding hydrogens is 362 g/mol. The van der Waals surface area contributed by atoms with Crippen LogP contribution in [0, 0.1) is 6.92 Å². The van der Waals surface area contributed by atoms with Crippen LogP contribution in [0.3, 0.4) is 0 Å². The first kappa shape index (κ1) is 19.4. The minimum Gasteiger partial charge on any atom is -0.495 e. The van der Waals surface area contributed by atoms with Crippen molar-refractivity contribution in [2.45, 2.75) is 13.3 Å². The quantitative estimate of drug-likeness (QED) is 0.818. The molecule has 2 aromatic carbocycles. The third-order valence-corrected chi connectivity index (χ3v) is 5.14. The first-order valence-electron chi connectivity index (χ1n) is 9.24. The van der Waals surface area contributed by atoms with Crippen LogP contribution in [0.15, 0.2) is 42.5 Å². The summed E-state index contributed by atoms with van der Waals surface area (Å²) in [5.74, 6) is 1.06. The van der Waals surface area contributed by atoms with Gasteiger partial charge in [0.25, 0.3) is 0 Å². The Kier molecular flexibility index (Phi) is 6.45. The van der Waals surface area contributed by atoms with Crippen molar-refractivity contribution in [1.29, 1.82) is 0 Å². The topological polar surface area (TPSA) is 44.8 Å². The van der Waals surface area contributed by atoms with Gasteiger partial charge in [-0.1, -0.05) is 23.7 Å². The van der Waals surface area contributed by atoms with Gasteiger partial charge in [0.05, 0.1) is 12.8 Å². The van der Waals surface area contributed by atoms with E-state index in [1.54, 1.807) is 7.11 Å². The fraction of sp³-hybridized carbons (Fsp3) is 0.381. The Bertz CT molecular complexity index is 789. The molecule has 0 unspecified atom stereocenters. The number of hydrogen-bond acceptors (Lipinski definition) is 4. The number of hydrogen-bond donors (Lipinski definition) is 1. The van der Waals surface area contributed by atoms with E-state index in [9.17, 15) is 4.79 Å². The van der Waals surface area contributed by atoms with E-state index in [1.807, 2.05) is 48.2 Å². The number of amides is 1. The first-order valence-corrected chi connectivity index (χ1v) is 9.62. The maximum absolute atomic E-state index is 12.5. The lowest BCUT2D eigenvalue weighted by atomic mass is 10.2. The molecule has 5 nitrogen and oxygen atoms in total. The number of benzene rings is 2. The van der Waals surface area contributed by atoms with Gasteiger partial charge in [-0.05, 0) is 42.8 Å². The molecule has 0 bridgehead atoms. The van der Waals surface area contributed by atoms with Crippen molar-refractivity contribution in [1.82, 2.24) is 4.90 Å². The number of carbonyl (C=O) groups excluding carboxylic acids is 1. The van der Waals surface area contributed by atoms with Crippen LogP contribution in [-0.2, 0) is 4.79 Å². The van der Waals surface area contributed by atoms with Crippen LogP contribution in [0.1, 0.15) is 12.0 Å². The van der Waals surface area contributed by atoms with Gasteiger partial charge in [-0.2, -0.15) is 0 Å². The van der Waals surface area contributed by atoms with Crippen molar-refractivity contribution in [3.8, 4) is 5.75 Å². The number of para-hydroxylation sites is 2. The fourth-order valence-electron chi connectivity index (χ4n) is 3.38. The van der Waals surface area contributed by atoms with Crippen LogP contribution in [0.5, 0.6) is 5.75 Å². The highest BCUT2D eigenvalue weighted by Gasteiger charge is 2.22. The molecule has 1 aliphatic rings. The standard InChI is InChI=1S/C21H26ClN3O2/c1-16-15-17(22)7-8-18(16)23-10-9-21(26)25-13-11-24(12-14-25)19-5-3-4-6-20(19)27-2/h3-8,15,23H,9-14H2,1-2H3. The number of rotatable bonds is 6. The Balaban J connectivity index is 1.47. The average molecular weight is 388 g/mol. The van der Waals surface area contributed by atoms with Crippen LogP contribution < -0.4 is 15.0 Å². The van der Waals surface area contributed by atoms with Crippen molar-refractivity contribution in [2.75, 3.05) is 50.1 Å². The zero-order valence-corrected chi connectivity index (χ0v) is 16.6. The summed E-state index contributed by atoms with van der Waals surface area (Å²) in [6.45, 7) is 5.72. The van der Waals surface area contributed by atoms with E-state index >= 15 is 0 Å². The Hall–Kier alpha value is -2.40. The van der Waals surface area contributed by atoms with Crippen LogP contribution in [0.25, 0.3) is 0 Å². The molecule has 0 saturated carbocycles. The zero-order chi connectivity index (χ0) is 19.2. The van der Waals surface area contributed by atoms with E-state index in [0.29, 0.717) is 13.0 Å². The van der Waals surface area contributed by atoms with E-state index in [1.165, 1.54) is 0 Å². The van der Waals surface area contributed by atoms with E-state index in [2.05, 4.69) is 16.3 Å². The van der Waals surface area contributed by atoms with Gasteiger partial charge in [-0.25, -0.2) is 0 Å². The predicted molar refractivity (Wildman–Crippen MR) is 111 cm³/mol. The fourth-order valence-corrected chi connectivity index (χ4v) is 3.60. The second-order valence-electron chi connectivity index (χ2n) is 6.68. The van der Waals surface area contributed by atoms with Gasteiger partial charge >= 0.3 is 0 Å². The van der Waals surface area contributed by atoms with Crippen LogP contribution >= 0.6 is 11.6 Å². The molecule has 1 amide bonds. The molecule has 1 heterocycles. The SMILES string of the molecule is COc1ccccc1N1CCN(C(=O)CCNc2ccc(Cl)cc2C)CC1. The number of nitrogens with zero attached hydrogens (tertiary/aromatic N) is 2. The van der Waals surface area contributed by atoms with Gasteiger partial charge in [0.1, 0.15) is 5.75 Å². The summed E-state index contributed by atoms with van der Waals surface area (Å²) in [6, 6.07) is 13.7. The van der Waals surface area contributed by atoms with Crippen molar-refractivity contribution in [3.63, 3.8) is 0 Å². The van der Waals surface area contributed by atoms with Gasteiger partial charge in [0, 0.05) is 49.9 Å². The summed E-state index contributed by atoms with van der Waals surface area (Å²) < 4.78 is 5.45. The summed E-state index contributed by atoms with van der Waals surface area (Å²) in [4.78, 5) is 16.7. The average Bonchev–Trinajstić information content (AvgIpc) is 2.69. The Labute approximate surface area is 165 Å². The molecule has 0 radical (unpaired) electrons. The molecule has 1 fully saturated rings. The molecule has 0 aliphatic carbocycles. The number of ether oxygens (including phenoxy) is 1. The number of carbonyl (C=O) groups is 1. The van der Waals surface area contributed by atoms with Crippen LogP contribution in [-0.4, -0.2) is 50.6 Å². The lowest BCUT2D eigenvalue weighted by molar-refractivity contribution is -0.131. The number of aryl methyl sites for hydroxylation is 1. The molecule has 0 spiro atoms. The molecule has 2 aromatic rings. The number of methoxy groups -OCH3 is 1. The number of nitrogens with one attached hydrogen (secondary N) is 1. The zero-order valence-electron chi connectivity index (χ0n) is 15.9. The second-order valence-corrected chi connectivity index (χ2v) is 7.11. The minimum absolute atomic E-state index is 0.189. The monoisotopic (exact) mass is 387 g/mol. The molecule has 144 valence electrons. The maximum Gasteiger partial charge on any atom is 0.224 e. The number of piperazine rings is 1.